The van der Waals surface area contributed by atoms with E-state index in [9.17, 15) is 0 Å². The van der Waals surface area contributed by atoms with E-state index in [4.69, 9.17) is 5.41 Å². The minimum Gasteiger partial charge on any atom is -0.300 e. The highest BCUT2D eigenvalue weighted by atomic mass is 14.4. The lowest BCUT2D eigenvalue weighted by atomic mass is 10.1. The summed E-state index contributed by atoms with van der Waals surface area (Å²) in [4.78, 5) is 0. The van der Waals surface area contributed by atoms with Crippen molar-refractivity contribution in [3.05, 3.63) is 60.2 Å². The lowest BCUT2D eigenvalue weighted by molar-refractivity contribution is 1.14. The second kappa shape index (κ2) is 5.18. The first-order chi connectivity index (χ1) is 6.77. The summed E-state index contributed by atoms with van der Waals surface area (Å²) >= 11 is 0. The monoisotopic (exact) mass is 185 g/mol. The smallest absolute Gasteiger partial charge is 0.0612 e. The standard InChI is InChI=1S/C13H15N/c1-3-5-6-13(14)12-9-7-11(4-2)8-10-12/h3,5-10,14H,1,4H2,2H3/b6-5-,14-13?. The minimum absolute atomic E-state index is 0.521. The van der Waals surface area contributed by atoms with Gasteiger partial charge in [0, 0.05) is 0 Å². The molecule has 0 aliphatic carbocycles. The maximum absolute atomic E-state index is 7.73. The molecule has 1 rings (SSSR count). The number of hydrogen-bond acceptors (Lipinski definition) is 1. The highest BCUT2D eigenvalue weighted by Gasteiger charge is 1.96. The van der Waals surface area contributed by atoms with Crippen LogP contribution in [0.2, 0.25) is 0 Å². The molecule has 1 nitrogen and oxygen atoms in total. The van der Waals surface area contributed by atoms with E-state index in [1.54, 1.807) is 18.2 Å². The summed E-state index contributed by atoms with van der Waals surface area (Å²) in [6.45, 7) is 5.69. The van der Waals surface area contributed by atoms with Gasteiger partial charge in [-0.25, -0.2) is 0 Å². The Morgan fingerprint density at radius 2 is 2.00 bits per heavy atom. The summed E-state index contributed by atoms with van der Waals surface area (Å²) in [6, 6.07) is 8.08. The molecule has 1 heteroatoms. The first-order valence-electron chi connectivity index (χ1n) is 4.75. The molecule has 0 spiro atoms. The van der Waals surface area contributed by atoms with Gasteiger partial charge in [0.25, 0.3) is 0 Å². The SMILES string of the molecule is C=C/C=C\C(=N)c1ccc(CC)cc1. The van der Waals surface area contributed by atoms with Crippen molar-refractivity contribution in [1.29, 1.82) is 5.41 Å². The van der Waals surface area contributed by atoms with Crippen molar-refractivity contribution in [1.82, 2.24) is 0 Å². The molecular weight excluding hydrogens is 170 g/mol. The molecule has 14 heavy (non-hydrogen) atoms. The molecule has 1 N–H and O–H groups in total. The van der Waals surface area contributed by atoms with E-state index in [1.807, 2.05) is 12.1 Å². The summed E-state index contributed by atoms with van der Waals surface area (Å²) in [5, 5.41) is 7.73. The minimum atomic E-state index is 0.521. The summed E-state index contributed by atoms with van der Waals surface area (Å²) in [5.74, 6) is 0. The highest BCUT2D eigenvalue weighted by molar-refractivity contribution is 6.06. The average Bonchev–Trinajstić information content (AvgIpc) is 2.26. The van der Waals surface area contributed by atoms with Gasteiger partial charge < -0.3 is 5.41 Å². The van der Waals surface area contributed by atoms with Crippen LogP contribution in [0.4, 0.5) is 0 Å². The fourth-order valence-electron chi connectivity index (χ4n) is 1.18. The molecule has 0 bridgehead atoms. The third-order valence-electron chi connectivity index (χ3n) is 2.07. The second-order valence-electron chi connectivity index (χ2n) is 3.06. The zero-order valence-corrected chi connectivity index (χ0v) is 8.46. The topological polar surface area (TPSA) is 23.9 Å². The quantitative estimate of drug-likeness (QED) is 0.549. The van der Waals surface area contributed by atoms with Gasteiger partial charge in [0.05, 0.1) is 5.71 Å². The van der Waals surface area contributed by atoms with Crippen LogP contribution in [0.25, 0.3) is 0 Å². The van der Waals surface area contributed by atoms with Gasteiger partial charge in [-0.3, -0.25) is 0 Å². The second-order valence-corrected chi connectivity index (χ2v) is 3.06. The Labute approximate surface area is 85.3 Å². The van der Waals surface area contributed by atoms with Gasteiger partial charge in [-0.05, 0) is 23.6 Å². The van der Waals surface area contributed by atoms with Crippen LogP contribution < -0.4 is 0 Å². The van der Waals surface area contributed by atoms with Gasteiger partial charge in [-0.2, -0.15) is 0 Å². The number of benzene rings is 1. The predicted molar refractivity (Wildman–Crippen MR) is 62.0 cm³/mol. The Bertz CT molecular complexity index is 344. The van der Waals surface area contributed by atoms with Gasteiger partial charge in [0.15, 0.2) is 0 Å². The highest BCUT2D eigenvalue weighted by Crippen LogP contribution is 2.06. The molecule has 0 heterocycles. The van der Waals surface area contributed by atoms with E-state index in [0.717, 1.165) is 12.0 Å². The Morgan fingerprint density at radius 3 is 2.50 bits per heavy atom. The van der Waals surface area contributed by atoms with Gasteiger partial charge in [0.2, 0.25) is 0 Å². The maximum Gasteiger partial charge on any atom is 0.0612 e. The summed E-state index contributed by atoms with van der Waals surface area (Å²) in [7, 11) is 0. The van der Waals surface area contributed by atoms with Crippen LogP contribution in [0, 0.1) is 5.41 Å². The molecule has 0 amide bonds. The van der Waals surface area contributed by atoms with E-state index in [2.05, 4.69) is 25.6 Å². The lowest BCUT2D eigenvalue weighted by Gasteiger charge is -2.00. The van der Waals surface area contributed by atoms with Crippen molar-refractivity contribution in [3.63, 3.8) is 0 Å². The zero-order chi connectivity index (χ0) is 10.4. The van der Waals surface area contributed by atoms with Crippen LogP contribution >= 0.6 is 0 Å². The molecule has 0 saturated carbocycles. The number of rotatable bonds is 4. The summed E-state index contributed by atoms with van der Waals surface area (Å²) in [6.07, 6.45) is 6.23. The number of hydrogen-bond donors (Lipinski definition) is 1. The van der Waals surface area contributed by atoms with Crippen molar-refractivity contribution in [2.75, 3.05) is 0 Å². The van der Waals surface area contributed by atoms with Crippen molar-refractivity contribution >= 4 is 5.71 Å². The van der Waals surface area contributed by atoms with Crippen LogP contribution in [-0.4, -0.2) is 5.71 Å². The molecule has 0 fully saturated rings. The van der Waals surface area contributed by atoms with Gasteiger partial charge in [-0.1, -0.05) is 49.9 Å². The molecule has 0 aliphatic rings. The summed E-state index contributed by atoms with van der Waals surface area (Å²) in [5.41, 5.74) is 2.77. The summed E-state index contributed by atoms with van der Waals surface area (Å²) < 4.78 is 0. The van der Waals surface area contributed by atoms with Gasteiger partial charge in [-0.15, -0.1) is 0 Å². The van der Waals surface area contributed by atoms with Gasteiger partial charge in [0.1, 0.15) is 0 Å². The van der Waals surface area contributed by atoms with Crippen molar-refractivity contribution in [3.8, 4) is 0 Å². The van der Waals surface area contributed by atoms with E-state index in [0.29, 0.717) is 5.71 Å². The lowest BCUT2D eigenvalue weighted by Crippen LogP contribution is -1.94. The third-order valence-corrected chi connectivity index (χ3v) is 2.07. The Kier molecular flexibility index (Phi) is 3.86. The normalized spacial score (nSPS) is 10.4. The molecule has 1 aromatic carbocycles. The van der Waals surface area contributed by atoms with Gasteiger partial charge >= 0.3 is 0 Å². The van der Waals surface area contributed by atoms with Crippen molar-refractivity contribution in [2.24, 2.45) is 0 Å². The first kappa shape index (κ1) is 10.5. The molecule has 1 aromatic rings. The molecule has 0 aliphatic heterocycles. The van der Waals surface area contributed by atoms with Crippen LogP contribution in [-0.2, 0) is 6.42 Å². The fraction of sp³-hybridized carbons (Fsp3) is 0.154. The molecule has 0 atom stereocenters. The molecule has 0 aromatic heterocycles. The zero-order valence-electron chi connectivity index (χ0n) is 8.46. The fourth-order valence-corrected chi connectivity index (χ4v) is 1.18. The first-order valence-corrected chi connectivity index (χ1v) is 4.75. The number of aryl methyl sites for hydroxylation is 1. The van der Waals surface area contributed by atoms with E-state index in [-0.39, 0.29) is 0 Å². The van der Waals surface area contributed by atoms with Crippen LogP contribution in [0.15, 0.2) is 49.1 Å². The number of nitrogens with one attached hydrogen (secondary N) is 1. The predicted octanol–water partition coefficient (Wildman–Crippen LogP) is 3.36. The Balaban J connectivity index is 2.81. The molecule has 0 saturated heterocycles. The molecule has 0 radical (unpaired) electrons. The van der Waals surface area contributed by atoms with Crippen LogP contribution in [0.5, 0.6) is 0 Å². The largest absolute Gasteiger partial charge is 0.300 e. The molecular formula is C13H15N. The van der Waals surface area contributed by atoms with Crippen LogP contribution in [0.1, 0.15) is 18.1 Å². The maximum atomic E-state index is 7.73. The van der Waals surface area contributed by atoms with E-state index in [1.165, 1.54) is 5.56 Å². The Morgan fingerprint density at radius 1 is 1.36 bits per heavy atom. The van der Waals surface area contributed by atoms with E-state index >= 15 is 0 Å². The van der Waals surface area contributed by atoms with E-state index < -0.39 is 0 Å². The van der Waals surface area contributed by atoms with Crippen LogP contribution in [0.3, 0.4) is 0 Å². The number of allylic oxidation sites excluding steroid dienone is 3. The molecule has 72 valence electrons. The van der Waals surface area contributed by atoms with Crippen molar-refractivity contribution < 1.29 is 0 Å². The Hall–Kier alpha value is -1.63. The molecule has 0 unspecified atom stereocenters. The average molecular weight is 185 g/mol. The van der Waals surface area contributed by atoms with Crippen molar-refractivity contribution in [2.45, 2.75) is 13.3 Å². The third kappa shape index (κ3) is 2.70.